The largest absolute Gasteiger partial charge is 0.370 e. The van der Waals surface area contributed by atoms with Crippen molar-refractivity contribution in [3.8, 4) is 0 Å². The molecule has 1 aromatic heterocycles. The van der Waals surface area contributed by atoms with Gasteiger partial charge in [-0.2, -0.15) is 0 Å². The molecule has 1 saturated heterocycles. The molecule has 6 heteroatoms. The Balaban J connectivity index is 1.84. The number of nitrogens with one attached hydrogen (secondary N) is 2. The Morgan fingerprint density at radius 2 is 2.26 bits per heavy atom. The number of nitrogens with zero attached hydrogens (tertiary/aromatic N) is 3. The molecule has 0 spiro atoms. The lowest BCUT2D eigenvalue weighted by atomic mass is 10.2. The van der Waals surface area contributed by atoms with Crippen LogP contribution in [-0.2, 0) is 0 Å². The Hall–Kier alpha value is -1.40. The van der Waals surface area contributed by atoms with E-state index < -0.39 is 0 Å². The number of hydrogen-bond acceptors (Lipinski definition) is 6. The Bertz CT molecular complexity index is 394. The van der Waals surface area contributed by atoms with Crippen molar-refractivity contribution in [1.29, 1.82) is 0 Å². The van der Waals surface area contributed by atoms with Crippen LogP contribution in [0.4, 0.5) is 11.6 Å². The fourth-order valence-electron chi connectivity index (χ4n) is 2.22. The SMILES string of the molecule is CC(N)CCNc1cc(NC2CCN(C)C2)ncn1. The van der Waals surface area contributed by atoms with Gasteiger partial charge in [-0.25, -0.2) is 9.97 Å². The lowest BCUT2D eigenvalue weighted by Crippen LogP contribution is -2.24. The van der Waals surface area contributed by atoms with E-state index in [1.165, 1.54) is 0 Å². The number of aromatic nitrogens is 2. The molecule has 0 aliphatic carbocycles. The molecule has 4 N–H and O–H groups in total. The first-order chi connectivity index (χ1) is 9.13. The summed E-state index contributed by atoms with van der Waals surface area (Å²) < 4.78 is 0. The number of rotatable bonds is 6. The molecule has 0 radical (unpaired) electrons. The quantitative estimate of drug-likeness (QED) is 0.703. The summed E-state index contributed by atoms with van der Waals surface area (Å²) in [6, 6.07) is 2.65. The lowest BCUT2D eigenvalue weighted by Gasteiger charge is -2.14. The second-order valence-electron chi connectivity index (χ2n) is 5.37. The molecule has 106 valence electrons. The van der Waals surface area contributed by atoms with Crippen LogP contribution in [0.1, 0.15) is 19.8 Å². The zero-order chi connectivity index (χ0) is 13.7. The van der Waals surface area contributed by atoms with Gasteiger partial charge in [0.25, 0.3) is 0 Å². The fourth-order valence-corrected chi connectivity index (χ4v) is 2.22. The summed E-state index contributed by atoms with van der Waals surface area (Å²) in [6.07, 6.45) is 3.68. The zero-order valence-electron chi connectivity index (χ0n) is 11.8. The van der Waals surface area contributed by atoms with Crippen LogP contribution in [0, 0.1) is 0 Å². The maximum Gasteiger partial charge on any atom is 0.131 e. The summed E-state index contributed by atoms with van der Waals surface area (Å²) in [4.78, 5) is 10.8. The highest BCUT2D eigenvalue weighted by Crippen LogP contribution is 2.14. The third kappa shape index (κ3) is 4.65. The summed E-state index contributed by atoms with van der Waals surface area (Å²) in [5.74, 6) is 1.74. The van der Waals surface area contributed by atoms with Gasteiger partial charge in [0.2, 0.25) is 0 Å². The molecule has 2 rings (SSSR count). The van der Waals surface area contributed by atoms with Crippen LogP contribution in [0.15, 0.2) is 12.4 Å². The van der Waals surface area contributed by atoms with Crippen LogP contribution in [0.5, 0.6) is 0 Å². The molecular weight excluding hydrogens is 240 g/mol. The minimum absolute atomic E-state index is 0.209. The van der Waals surface area contributed by atoms with Crippen LogP contribution >= 0.6 is 0 Å². The van der Waals surface area contributed by atoms with Gasteiger partial charge in [0, 0.05) is 31.2 Å². The van der Waals surface area contributed by atoms with Gasteiger partial charge in [-0.3, -0.25) is 0 Å². The van der Waals surface area contributed by atoms with Crippen molar-refractivity contribution >= 4 is 11.6 Å². The number of likely N-dealkylation sites (tertiary alicyclic amines) is 1. The van der Waals surface area contributed by atoms with Gasteiger partial charge < -0.3 is 21.3 Å². The maximum absolute atomic E-state index is 5.72. The van der Waals surface area contributed by atoms with E-state index in [0.29, 0.717) is 6.04 Å². The monoisotopic (exact) mass is 264 g/mol. The number of hydrogen-bond donors (Lipinski definition) is 3. The Labute approximate surface area is 114 Å². The first kappa shape index (κ1) is 14.0. The standard InChI is InChI=1S/C13H24N6/c1-10(14)3-5-15-12-7-13(17-9-16-12)18-11-4-6-19(2)8-11/h7,9-11H,3-6,8,14H2,1-2H3,(H2,15,16,17,18). The van der Waals surface area contributed by atoms with Crippen LogP contribution in [0.25, 0.3) is 0 Å². The lowest BCUT2D eigenvalue weighted by molar-refractivity contribution is 0.414. The van der Waals surface area contributed by atoms with Crippen molar-refractivity contribution in [3.05, 3.63) is 12.4 Å². The highest BCUT2D eigenvalue weighted by atomic mass is 15.2. The van der Waals surface area contributed by atoms with E-state index in [9.17, 15) is 0 Å². The van der Waals surface area contributed by atoms with Crippen LogP contribution in [-0.4, -0.2) is 53.6 Å². The highest BCUT2D eigenvalue weighted by molar-refractivity contribution is 5.47. The average molecular weight is 264 g/mol. The fraction of sp³-hybridized carbons (Fsp3) is 0.692. The summed E-state index contributed by atoms with van der Waals surface area (Å²) in [5.41, 5.74) is 5.72. The van der Waals surface area contributed by atoms with Crippen molar-refractivity contribution < 1.29 is 0 Å². The molecule has 0 saturated carbocycles. The topological polar surface area (TPSA) is 79.1 Å². The average Bonchev–Trinajstić information content (AvgIpc) is 2.75. The Morgan fingerprint density at radius 1 is 1.47 bits per heavy atom. The maximum atomic E-state index is 5.72. The summed E-state index contributed by atoms with van der Waals surface area (Å²) in [7, 11) is 2.14. The predicted octanol–water partition coefficient (Wildman–Crippen LogP) is 0.742. The minimum atomic E-state index is 0.209. The van der Waals surface area contributed by atoms with Gasteiger partial charge in [0.05, 0.1) is 0 Å². The third-order valence-electron chi connectivity index (χ3n) is 3.32. The van der Waals surface area contributed by atoms with E-state index in [1.807, 2.05) is 13.0 Å². The predicted molar refractivity (Wildman–Crippen MR) is 78.3 cm³/mol. The molecule has 1 aromatic rings. The van der Waals surface area contributed by atoms with E-state index in [1.54, 1.807) is 6.33 Å². The smallest absolute Gasteiger partial charge is 0.131 e. The second-order valence-corrected chi connectivity index (χ2v) is 5.37. The van der Waals surface area contributed by atoms with Crippen molar-refractivity contribution in [3.63, 3.8) is 0 Å². The van der Waals surface area contributed by atoms with Crippen LogP contribution in [0.3, 0.4) is 0 Å². The van der Waals surface area contributed by atoms with Gasteiger partial charge in [-0.05, 0) is 33.4 Å². The summed E-state index contributed by atoms with van der Waals surface area (Å²) in [6.45, 7) is 5.05. The minimum Gasteiger partial charge on any atom is -0.370 e. The van der Waals surface area contributed by atoms with E-state index in [-0.39, 0.29) is 6.04 Å². The molecule has 2 unspecified atom stereocenters. The van der Waals surface area contributed by atoms with Crippen molar-refractivity contribution in [2.75, 3.05) is 37.3 Å². The molecule has 1 aliphatic heterocycles. The number of likely N-dealkylation sites (N-methyl/N-ethyl adjacent to an activating group) is 1. The number of nitrogens with two attached hydrogens (primary N) is 1. The van der Waals surface area contributed by atoms with E-state index in [4.69, 9.17) is 5.73 Å². The van der Waals surface area contributed by atoms with Crippen molar-refractivity contribution in [2.24, 2.45) is 5.73 Å². The number of anilines is 2. The van der Waals surface area contributed by atoms with Gasteiger partial charge >= 0.3 is 0 Å². The molecule has 19 heavy (non-hydrogen) atoms. The van der Waals surface area contributed by atoms with Crippen molar-refractivity contribution in [2.45, 2.75) is 31.8 Å². The molecule has 1 aliphatic rings. The first-order valence-corrected chi connectivity index (χ1v) is 6.90. The molecule has 0 amide bonds. The normalized spacial score (nSPS) is 21.3. The highest BCUT2D eigenvalue weighted by Gasteiger charge is 2.19. The van der Waals surface area contributed by atoms with E-state index in [2.05, 4.69) is 32.5 Å². The van der Waals surface area contributed by atoms with Crippen LogP contribution in [0.2, 0.25) is 0 Å². The molecule has 6 nitrogen and oxygen atoms in total. The molecular formula is C13H24N6. The van der Waals surface area contributed by atoms with E-state index in [0.717, 1.165) is 44.1 Å². The molecule has 2 atom stereocenters. The zero-order valence-corrected chi connectivity index (χ0v) is 11.8. The summed E-state index contributed by atoms with van der Waals surface area (Å²) in [5, 5.41) is 6.72. The third-order valence-corrected chi connectivity index (χ3v) is 3.32. The molecule has 0 bridgehead atoms. The molecule has 1 fully saturated rings. The molecule has 0 aromatic carbocycles. The van der Waals surface area contributed by atoms with E-state index >= 15 is 0 Å². The second kappa shape index (κ2) is 6.68. The van der Waals surface area contributed by atoms with Crippen molar-refractivity contribution in [1.82, 2.24) is 14.9 Å². The molecule has 2 heterocycles. The van der Waals surface area contributed by atoms with Crippen LogP contribution < -0.4 is 16.4 Å². The van der Waals surface area contributed by atoms with Gasteiger partial charge in [0.15, 0.2) is 0 Å². The van der Waals surface area contributed by atoms with Gasteiger partial charge in [-0.1, -0.05) is 0 Å². The van der Waals surface area contributed by atoms with Gasteiger partial charge in [-0.15, -0.1) is 0 Å². The Morgan fingerprint density at radius 3 is 2.95 bits per heavy atom. The Kier molecular flexibility index (Phi) is 4.93. The van der Waals surface area contributed by atoms with Gasteiger partial charge in [0.1, 0.15) is 18.0 Å². The summed E-state index contributed by atoms with van der Waals surface area (Å²) >= 11 is 0. The first-order valence-electron chi connectivity index (χ1n) is 6.90.